The zero-order valence-electron chi connectivity index (χ0n) is 20.5. The summed E-state index contributed by atoms with van der Waals surface area (Å²) in [7, 11) is -4.08. The number of nitrogens with one attached hydrogen (secondary N) is 2. The molecule has 0 radical (unpaired) electrons. The molecule has 37 heavy (non-hydrogen) atoms. The van der Waals surface area contributed by atoms with E-state index in [0.717, 1.165) is 5.56 Å². The van der Waals surface area contributed by atoms with Crippen molar-refractivity contribution < 1.29 is 22.7 Å². The summed E-state index contributed by atoms with van der Waals surface area (Å²) in [6.45, 7) is 2.21. The van der Waals surface area contributed by atoms with E-state index >= 15 is 0 Å². The Hall–Kier alpha value is -3.34. The van der Waals surface area contributed by atoms with E-state index in [1.165, 1.54) is 23.9 Å². The molecule has 1 aliphatic rings. The number of thioether (sulfide) groups is 1. The lowest BCUT2D eigenvalue weighted by molar-refractivity contribution is 0.0300. The van der Waals surface area contributed by atoms with Crippen molar-refractivity contribution >= 4 is 39.3 Å². The van der Waals surface area contributed by atoms with Gasteiger partial charge in [0.15, 0.2) is 0 Å². The van der Waals surface area contributed by atoms with Crippen molar-refractivity contribution in [3.05, 3.63) is 89.5 Å². The predicted molar refractivity (Wildman–Crippen MR) is 145 cm³/mol. The molecular weight excluding hydrogens is 510 g/mol. The average Bonchev–Trinajstić information content (AvgIpc) is 2.93. The first-order valence-corrected chi connectivity index (χ1v) is 14.6. The van der Waals surface area contributed by atoms with Crippen molar-refractivity contribution in [3.8, 4) is 0 Å². The first-order chi connectivity index (χ1) is 17.9. The second-order valence-electron chi connectivity index (χ2n) is 8.41. The number of para-hydroxylation sites is 1. The Labute approximate surface area is 221 Å². The molecule has 0 aromatic heterocycles. The quantitative estimate of drug-likeness (QED) is 0.402. The third-order valence-corrected chi connectivity index (χ3v) is 8.13. The van der Waals surface area contributed by atoms with Crippen LogP contribution >= 0.6 is 11.8 Å². The van der Waals surface area contributed by atoms with Crippen molar-refractivity contribution in [2.45, 2.75) is 16.2 Å². The van der Waals surface area contributed by atoms with Crippen molar-refractivity contribution in [2.75, 3.05) is 43.8 Å². The van der Waals surface area contributed by atoms with Gasteiger partial charge in [-0.2, -0.15) is 0 Å². The lowest BCUT2D eigenvalue weighted by Gasteiger charge is -2.27. The number of carbonyl (C=O) groups is 2. The van der Waals surface area contributed by atoms with Crippen LogP contribution in [-0.2, 0) is 21.2 Å². The third-order valence-electron chi connectivity index (χ3n) is 5.97. The molecule has 0 atom stereocenters. The van der Waals surface area contributed by atoms with E-state index < -0.39 is 10.0 Å². The number of anilines is 1. The van der Waals surface area contributed by atoms with Gasteiger partial charge in [0, 0.05) is 24.5 Å². The fourth-order valence-electron chi connectivity index (χ4n) is 3.99. The third kappa shape index (κ3) is 6.71. The van der Waals surface area contributed by atoms with Crippen LogP contribution in [0, 0.1) is 0 Å². The number of hydrogen-bond donors (Lipinski definition) is 2. The summed E-state index contributed by atoms with van der Waals surface area (Å²) >= 11 is 1.38. The molecule has 10 heteroatoms. The standard InChI is InChI=1S/C27H29N3O5S2/c1-36-25-12-11-21(19-23(25)27(32)30-15-17-35-18-16-30)37(33,34)29-24-10-6-5-9-22(24)26(31)28-14-13-20-7-3-2-4-8-20/h2-12,19,29H,13-18H2,1H3,(H,28,31). The molecule has 0 aliphatic carbocycles. The minimum Gasteiger partial charge on any atom is -0.378 e. The number of carbonyl (C=O) groups excluding carboxylic acids is 2. The minimum absolute atomic E-state index is 0.0544. The molecule has 0 saturated carbocycles. The molecule has 3 aromatic carbocycles. The highest BCUT2D eigenvalue weighted by atomic mass is 32.2. The van der Waals surface area contributed by atoms with Crippen LogP contribution in [0.5, 0.6) is 0 Å². The van der Waals surface area contributed by atoms with Gasteiger partial charge in [0.1, 0.15) is 0 Å². The number of hydrogen-bond acceptors (Lipinski definition) is 6. The Morgan fingerprint density at radius 2 is 1.65 bits per heavy atom. The monoisotopic (exact) mass is 539 g/mol. The van der Waals surface area contributed by atoms with Gasteiger partial charge < -0.3 is 15.0 Å². The summed E-state index contributed by atoms with van der Waals surface area (Å²) in [6, 6.07) is 20.7. The van der Waals surface area contributed by atoms with Gasteiger partial charge in [-0.25, -0.2) is 8.42 Å². The Morgan fingerprint density at radius 1 is 0.946 bits per heavy atom. The Kier molecular flexibility index (Phi) is 8.86. The molecule has 2 N–H and O–H groups in total. The summed E-state index contributed by atoms with van der Waals surface area (Å²) in [5.41, 5.74) is 1.79. The highest BCUT2D eigenvalue weighted by molar-refractivity contribution is 7.98. The molecule has 0 bridgehead atoms. The average molecular weight is 540 g/mol. The van der Waals surface area contributed by atoms with Crippen LogP contribution < -0.4 is 10.0 Å². The van der Waals surface area contributed by atoms with E-state index in [0.29, 0.717) is 49.7 Å². The van der Waals surface area contributed by atoms with Gasteiger partial charge in [0.25, 0.3) is 21.8 Å². The van der Waals surface area contributed by atoms with Crippen LogP contribution in [0.1, 0.15) is 26.3 Å². The van der Waals surface area contributed by atoms with Crippen LogP contribution in [-0.4, -0.2) is 64.2 Å². The van der Waals surface area contributed by atoms with Crippen LogP contribution in [0.4, 0.5) is 5.69 Å². The summed E-state index contributed by atoms with van der Waals surface area (Å²) < 4.78 is 34.5. The largest absolute Gasteiger partial charge is 0.378 e. The predicted octanol–water partition coefficient (Wildman–Crippen LogP) is 3.65. The number of nitrogens with zero attached hydrogens (tertiary/aromatic N) is 1. The van der Waals surface area contributed by atoms with Gasteiger partial charge in [-0.1, -0.05) is 42.5 Å². The number of amides is 2. The van der Waals surface area contributed by atoms with E-state index in [9.17, 15) is 18.0 Å². The molecule has 1 heterocycles. The summed E-state index contributed by atoms with van der Waals surface area (Å²) in [5.74, 6) is -0.613. The van der Waals surface area contributed by atoms with Crippen molar-refractivity contribution in [1.82, 2.24) is 10.2 Å². The van der Waals surface area contributed by atoms with Gasteiger partial charge in [-0.15, -0.1) is 11.8 Å². The second kappa shape index (κ2) is 12.3. The normalized spacial score (nSPS) is 13.7. The van der Waals surface area contributed by atoms with Crippen molar-refractivity contribution in [1.29, 1.82) is 0 Å². The molecule has 3 aromatic rings. The van der Waals surface area contributed by atoms with Crippen LogP contribution in [0.25, 0.3) is 0 Å². The summed E-state index contributed by atoms with van der Waals surface area (Å²) in [5, 5.41) is 2.85. The molecule has 8 nitrogen and oxygen atoms in total. The fourth-order valence-corrected chi connectivity index (χ4v) is 5.67. The summed E-state index contributed by atoms with van der Waals surface area (Å²) in [6.07, 6.45) is 2.49. The highest BCUT2D eigenvalue weighted by Gasteiger charge is 2.25. The topological polar surface area (TPSA) is 105 Å². The maximum absolute atomic E-state index is 13.3. The van der Waals surface area contributed by atoms with Gasteiger partial charge in [-0.3, -0.25) is 14.3 Å². The van der Waals surface area contributed by atoms with E-state index in [1.54, 1.807) is 35.2 Å². The molecule has 1 fully saturated rings. The van der Waals surface area contributed by atoms with E-state index in [4.69, 9.17) is 4.74 Å². The highest BCUT2D eigenvalue weighted by Crippen LogP contribution is 2.27. The minimum atomic E-state index is -4.08. The zero-order valence-corrected chi connectivity index (χ0v) is 22.1. The van der Waals surface area contributed by atoms with Crippen molar-refractivity contribution in [3.63, 3.8) is 0 Å². The first kappa shape index (κ1) is 26.7. The lowest BCUT2D eigenvalue weighted by Crippen LogP contribution is -2.41. The number of benzene rings is 3. The molecular formula is C27H29N3O5S2. The smallest absolute Gasteiger partial charge is 0.261 e. The van der Waals surface area contributed by atoms with Gasteiger partial charge >= 0.3 is 0 Å². The van der Waals surface area contributed by atoms with E-state index in [-0.39, 0.29) is 28.0 Å². The fraction of sp³-hybridized carbons (Fsp3) is 0.259. The Morgan fingerprint density at radius 3 is 2.38 bits per heavy atom. The molecule has 1 saturated heterocycles. The van der Waals surface area contributed by atoms with Crippen LogP contribution in [0.3, 0.4) is 0 Å². The molecule has 194 valence electrons. The maximum atomic E-state index is 13.3. The zero-order chi connectivity index (χ0) is 26.3. The number of morpholine rings is 1. The maximum Gasteiger partial charge on any atom is 0.261 e. The van der Waals surface area contributed by atoms with Gasteiger partial charge in [-0.05, 0) is 48.6 Å². The molecule has 4 rings (SSSR count). The van der Waals surface area contributed by atoms with Gasteiger partial charge in [0.05, 0.1) is 34.9 Å². The first-order valence-electron chi connectivity index (χ1n) is 11.9. The molecule has 0 unspecified atom stereocenters. The molecule has 0 spiro atoms. The summed E-state index contributed by atoms with van der Waals surface area (Å²) in [4.78, 5) is 28.3. The number of rotatable bonds is 9. The number of ether oxygens (including phenoxy) is 1. The second-order valence-corrected chi connectivity index (χ2v) is 10.9. The Bertz CT molecular complexity index is 1360. The van der Waals surface area contributed by atoms with Crippen LogP contribution in [0.2, 0.25) is 0 Å². The Balaban J connectivity index is 1.52. The van der Waals surface area contributed by atoms with E-state index in [2.05, 4.69) is 10.0 Å². The van der Waals surface area contributed by atoms with E-state index in [1.807, 2.05) is 36.6 Å². The molecule has 2 amide bonds. The SMILES string of the molecule is CSc1ccc(S(=O)(=O)Nc2ccccc2C(=O)NCCc2ccccc2)cc1C(=O)N1CCOCC1. The lowest BCUT2D eigenvalue weighted by atomic mass is 10.1. The molecule has 1 aliphatic heterocycles. The van der Waals surface area contributed by atoms with Crippen molar-refractivity contribution in [2.24, 2.45) is 0 Å². The van der Waals surface area contributed by atoms with Crippen LogP contribution in [0.15, 0.2) is 82.6 Å². The van der Waals surface area contributed by atoms with Gasteiger partial charge in [0.2, 0.25) is 0 Å². The number of sulfonamides is 1.